The second-order valence-electron chi connectivity index (χ2n) is 6.38. The Labute approximate surface area is 175 Å². The molecule has 0 saturated carbocycles. The lowest BCUT2D eigenvalue weighted by Gasteiger charge is -2.08. The summed E-state index contributed by atoms with van der Waals surface area (Å²) in [6, 6.07) is 11.6. The second kappa shape index (κ2) is 9.62. The van der Waals surface area contributed by atoms with Crippen LogP contribution in [-0.2, 0) is 16.0 Å². The van der Waals surface area contributed by atoms with Gasteiger partial charge in [0.25, 0.3) is 0 Å². The minimum absolute atomic E-state index is 0.112. The van der Waals surface area contributed by atoms with Gasteiger partial charge in [-0.05, 0) is 48.7 Å². The van der Waals surface area contributed by atoms with Gasteiger partial charge < -0.3 is 10.6 Å². The number of carbonyl (C=O) groups is 2. The topological polar surface area (TPSA) is 84.0 Å². The highest BCUT2D eigenvalue weighted by Crippen LogP contribution is 2.26. The molecule has 0 aliphatic carbocycles. The highest BCUT2D eigenvalue weighted by atomic mass is 32.2. The van der Waals surface area contributed by atoms with Gasteiger partial charge in [-0.2, -0.15) is 0 Å². The van der Waals surface area contributed by atoms with Crippen LogP contribution in [-0.4, -0.2) is 27.8 Å². The van der Waals surface area contributed by atoms with Crippen molar-refractivity contribution in [3.05, 3.63) is 65.0 Å². The molecule has 2 N–H and O–H groups in total. The molecule has 0 aliphatic heterocycles. The Hall–Kier alpha value is -2.78. The average Bonchev–Trinajstić information content (AvgIpc) is 3.12. The molecule has 150 valence electrons. The Kier molecular flexibility index (Phi) is 6.95. The molecule has 0 aliphatic rings. The van der Waals surface area contributed by atoms with Crippen LogP contribution in [0.3, 0.4) is 0 Å². The predicted octanol–water partition coefficient (Wildman–Crippen LogP) is 4.21. The predicted molar refractivity (Wildman–Crippen MR) is 114 cm³/mol. The first-order valence-electron chi connectivity index (χ1n) is 8.77. The first-order valence-corrected chi connectivity index (χ1v) is 10.6. The lowest BCUT2D eigenvalue weighted by atomic mass is 10.1. The molecule has 2 amide bonds. The molecule has 3 rings (SSSR count). The van der Waals surface area contributed by atoms with Gasteiger partial charge in [0.05, 0.1) is 12.2 Å². The summed E-state index contributed by atoms with van der Waals surface area (Å²) in [5.41, 5.74) is 3.56. The minimum Gasteiger partial charge on any atom is -0.325 e. The van der Waals surface area contributed by atoms with E-state index in [9.17, 15) is 14.0 Å². The number of amides is 2. The summed E-state index contributed by atoms with van der Waals surface area (Å²) >= 11 is 2.45. The van der Waals surface area contributed by atoms with Crippen molar-refractivity contribution in [3.63, 3.8) is 0 Å². The summed E-state index contributed by atoms with van der Waals surface area (Å²) < 4.78 is 13.5. The first-order chi connectivity index (χ1) is 13.9. The molecule has 0 saturated heterocycles. The van der Waals surface area contributed by atoms with Crippen molar-refractivity contribution in [2.45, 2.75) is 24.6 Å². The van der Waals surface area contributed by atoms with E-state index in [1.54, 1.807) is 12.1 Å². The maximum atomic E-state index is 12.9. The number of benzene rings is 2. The van der Waals surface area contributed by atoms with Crippen LogP contribution in [0.25, 0.3) is 0 Å². The fraction of sp³-hybridized carbons (Fsp3) is 0.200. The largest absolute Gasteiger partial charge is 0.325 e. The lowest BCUT2D eigenvalue weighted by molar-refractivity contribution is -0.115. The number of thioether (sulfide) groups is 1. The molecule has 0 radical (unpaired) electrons. The van der Waals surface area contributed by atoms with E-state index in [4.69, 9.17) is 0 Å². The monoisotopic (exact) mass is 430 g/mol. The van der Waals surface area contributed by atoms with Crippen molar-refractivity contribution in [3.8, 4) is 0 Å². The molecule has 1 heterocycles. The molecule has 3 aromatic rings. The summed E-state index contributed by atoms with van der Waals surface area (Å²) in [6.45, 7) is 3.91. The van der Waals surface area contributed by atoms with Crippen molar-refractivity contribution >= 4 is 45.7 Å². The maximum Gasteiger partial charge on any atom is 0.234 e. The number of anilines is 2. The highest BCUT2D eigenvalue weighted by Gasteiger charge is 2.12. The zero-order valence-electron chi connectivity index (χ0n) is 15.9. The van der Waals surface area contributed by atoms with E-state index in [-0.39, 0.29) is 29.8 Å². The van der Waals surface area contributed by atoms with Gasteiger partial charge in [0.15, 0.2) is 4.34 Å². The van der Waals surface area contributed by atoms with Crippen LogP contribution in [0, 0.1) is 19.7 Å². The van der Waals surface area contributed by atoms with E-state index in [2.05, 4.69) is 20.8 Å². The number of nitrogens with one attached hydrogen (secondary N) is 2. The first kappa shape index (κ1) is 20.9. The molecule has 1 aromatic heterocycles. The molecule has 0 fully saturated rings. The van der Waals surface area contributed by atoms with Gasteiger partial charge in [-0.25, -0.2) is 4.39 Å². The zero-order chi connectivity index (χ0) is 20.8. The summed E-state index contributed by atoms with van der Waals surface area (Å²) in [5, 5.41) is 13.8. The Bertz CT molecular complexity index is 1020. The summed E-state index contributed by atoms with van der Waals surface area (Å²) in [7, 11) is 0. The van der Waals surface area contributed by atoms with Gasteiger partial charge in [0, 0.05) is 5.69 Å². The number of hydrogen-bond acceptors (Lipinski definition) is 6. The Morgan fingerprint density at radius 2 is 1.79 bits per heavy atom. The highest BCUT2D eigenvalue weighted by molar-refractivity contribution is 8.01. The number of nitrogens with zero attached hydrogens (tertiary/aromatic N) is 2. The third-order valence-electron chi connectivity index (χ3n) is 3.92. The molecule has 0 bridgehead atoms. The van der Waals surface area contributed by atoms with Crippen LogP contribution in [0.15, 0.2) is 46.8 Å². The number of rotatable bonds is 7. The van der Waals surface area contributed by atoms with Crippen LogP contribution in [0.2, 0.25) is 0 Å². The smallest absolute Gasteiger partial charge is 0.234 e. The van der Waals surface area contributed by atoms with Gasteiger partial charge in [-0.1, -0.05) is 47.4 Å². The van der Waals surface area contributed by atoms with Gasteiger partial charge >= 0.3 is 0 Å². The van der Waals surface area contributed by atoms with Crippen LogP contribution in [0.5, 0.6) is 0 Å². The number of halogens is 1. The lowest BCUT2D eigenvalue weighted by Crippen LogP contribution is -2.14. The molecule has 0 unspecified atom stereocenters. The van der Waals surface area contributed by atoms with E-state index in [0.29, 0.717) is 15.0 Å². The van der Waals surface area contributed by atoms with Crippen molar-refractivity contribution < 1.29 is 14.0 Å². The van der Waals surface area contributed by atoms with E-state index >= 15 is 0 Å². The second-order valence-corrected chi connectivity index (χ2v) is 8.58. The summed E-state index contributed by atoms with van der Waals surface area (Å²) in [6.07, 6.45) is 0.112. The molecule has 0 atom stereocenters. The molecule has 6 nitrogen and oxygen atoms in total. The quantitative estimate of drug-likeness (QED) is 0.433. The summed E-state index contributed by atoms with van der Waals surface area (Å²) in [4.78, 5) is 24.3. The van der Waals surface area contributed by atoms with Gasteiger partial charge in [0.1, 0.15) is 5.82 Å². The summed E-state index contributed by atoms with van der Waals surface area (Å²) in [5.74, 6) is -0.565. The van der Waals surface area contributed by atoms with Gasteiger partial charge in [-0.15, -0.1) is 10.2 Å². The standard InChI is InChI=1S/C20H19FN4O2S2/c1-12-3-4-13(2)16(9-12)22-18(27)11-28-20-25-24-19(29-20)23-17(26)10-14-5-7-15(21)8-6-14/h3-9H,10-11H2,1-2H3,(H,22,27)(H,23,24,26). The third kappa shape index (κ3) is 6.37. The molecule has 2 aromatic carbocycles. The fourth-order valence-electron chi connectivity index (χ4n) is 2.45. The third-order valence-corrected chi connectivity index (χ3v) is 5.90. The van der Waals surface area contributed by atoms with E-state index in [0.717, 1.165) is 16.8 Å². The minimum atomic E-state index is -0.346. The van der Waals surface area contributed by atoms with Gasteiger partial charge in [0.2, 0.25) is 16.9 Å². The Morgan fingerprint density at radius 1 is 1.03 bits per heavy atom. The Balaban J connectivity index is 1.48. The molecular weight excluding hydrogens is 411 g/mol. The molecule has 0 spiro atoms. The van der Waals surface area contributed by atoms with Crippen molar-refractivity contribution in [2.24, 2.45) is 0 Å². The number of aromatic nitrogens is 2. The van der Waals surface area contributed by atoms with Crippen LogP contribution >= 0.6 is 23.1 Å². The molecule has 29 heavy (non-hydrogen) atoms. The van der Waals surface area contributed by atoms with Gasteiger partial charge in [-0.3, -0.25) is 9.59 Å². The van der Waals surface area contributed by atoms with Crippen molar-refractivity contribution in [1.82, 2.24) is 10.2 Å². The maximum absolute atomic E-state index is 12.9. The number of carbonyl (C=O) groups excluding carboxylic acids is 2. The van der Waals surface area contributed by atoms with Crippen LogP contribution in [0.1, 0.15) is 16.7 Å². The average molecular weight is 431 g/mol. The zero-order valence-corrected chi connectivity index (χ0v) is 17.5. The van der Waals surface area contributed by atoms with Crippen molar-refractivity contribution in [2.75, 3.05) is 16.4 Å². The van der Waals surface area contributed by atoms with E-state index in [1.165, 1.54) is 35.2 Å². The fourth-order valence-corrected chi connectivity index (χ4v) is 4.02. The van der Waals surface area contributed by atoms with E-state index < -0.39 is 0 Å². The normalized spacial score (nSPS) is 10.6. The SMILES string of the molecule is Cc1ccc(C)c(NC(=O)CSc2nnc(NC(=O)Cc3ccc(F)cc3)s2)c1. The van der Waals surface area contributed by atoms with Crippen LogP contribution < -0.4 is 10.6 Å². The molecule has 9 heteroatoms. The van der Waals surface area contributed by atoms with E-state index in [1.807, 2.05) is 32.0 Å². The van der Waals surface area contributed by atoms with Crippen LogP contribution in [0.4, 0.5) is 15.2 Å². The molecular formula is C20H19FN4O2S2. The van der Waals surface area contributed by atoms with Crippen molar-refractivity contribution in [1.29, 1.82) is 0 Å². The number of hydrogen-bond donors (Lipinski definition) is 2. The Morgan fingerprint density at radius 3 is 2.55 bits per heavy atom. The number of aryl methyl sites for hydroxylation is 2.